The van der Waals surface area contributed by atoms with Gasteiger partial charge in [0.1, 0.15) is 5.76 Å². The van der Waals surface area contributed by atoms with E-state index >= 15 is 0 Å². The van der Waals surface area contributed by atoms with E-state index in [0.717, 1.165) is 11.4 Å². The minimum Gasteiger partial charge on any atom is -0.467 e. The molecule has 0 saturated heterocycles. The highest BCUT2D eigenvalue weighted by atomic mass is 35.5. The average Bonchev–Trinajstić information content (AvgIpc) is 3.01. The zero-order valence-corrected chi connectivity index (χ0v) is 11.7. The normalized spacial score (nSPS) is 10.3. The molecule has 1 aromatic carbocycles. The molecule has 3 rings (SSSR count). The van der Waals surface area contributed by atoms with Gasteiger partial charge in [-0.05, 0) is 24.3 Å². The molecule has 106 valence electrons. The van der Waals surface area contributed by atoms with Crippen LogP contribution in [0.1, 0.15) is 5.76 Å². The molecule has 3 aromatic rings. The fourth-order valence-electron chi connectivity index (χ4n) is 1.72. The molecule has 0 aliphatic rings. The minimum atomic E-state index is 0.368. The second-order valence-corrected chi connectivity index (χ2v) is 4.61. The van der Waals surface area contributed by atoms with Gasteiger partial charge in [-0.2, -0.15) is 10.1 Å². The van der Waals surface area contributed by atoms with E-state index in [4.69, 9.17) is 16.0 Å². The highest BCUT2D eigenvalue weighted by molar-refractivity contribution is 6.33. The highest BCUT2D eigenvalue weighted by Crippen LogP contribution is 2.23. The SMILES string of the molecule is Clc1ccccc1Nc1nncc(NCc2ccco2)n1. The van der Waals surface area contributed by atoms with Crippen molar-refractivity contribution in [3.63, 3.8) is 0 Å². The Kier molecular flexibility index (Phi) is 3.97. The van der Waals surface area contributed by atoms with Crippen LogP contribution >= 0.6 is 11.6 Å². The van der Waals surface area contributed by atoms with Crippen molar-refractivity contribution in [3.05, 3.63) is 59.6 Å². The van der Waals surface area contributed by atoms with Gasteiger partial charge in [-0.15, -0.1) is 5.10 Å². The Hall–Kier alpha value is -2.60. The van der Waals surface area contributed by atoms with E-state index < -0.39 is 0 Å². The highest BCUT2D eigenvalue weighted by Gasteiger charge is 2.04. The quantitative estimate of drug-likeness (QED) is 0.751. The molecule has 0 aliphatic carbocycles. The summed E-state index contributed by atoms with van der Waals surface area (Å²) in [7, 11) is 0. The van der Waals surface area contributed by atoms with Gasteiger partial charge in [0, 0.05) is 0 Å². The molecule has 0 bridgehead atoms. The summed E-state index contributed by atoms with van der Waals surface area (Å²) in [4.78, 5) is 4.31. The monoisotopic (exact) mass is 301 g/mol. The lowest BCUT2D eigenvalue weighted by atomic mass is 10.3. The number of para-hydroxylation sites is 1. The van der Waals surface area contributed by atoms with Crippen LogP contribution in [-0.2, 0) is 6.54 Å². The third-order valence-electron chi connectivity index (χ3n) is 2.70. The van der Waals surface area contributed by atoms with Crippen molar-refractivity contribution < 1.29 is 4.42 Å². The molecule has 0 fully saturated rings. The number of nitrogens with one attached hydrogen (secondary N) is 2. The molecule has 2 aromatic heterocycles. The molecular weight excluding hydrogens is 290 g/mol. The molecule has 0 spiro atoms. The summed E-state index contributed by atoms with van der Waals surface area (Å²) in [5.41, 5.74) is 0.726. The van der Waals surface area contributed by atoms with E-state index in [0.29, 0.717) is 23.3 Å². The van der Waals surface area contributed by atoms with Crippen LogP contribution in [0.4, 0.5) is 17.5 Å². The van der Waals surface area contributed by atoms with E-state index in [1.54, 1.807) is 18.5 Å². The standard InChI is InChI=1S/C14H12ClN5O/c15-11-5-1-2-6-12(11)18-14-19-13(9-17-20-14)16-8-10-4-3-7-21-10/h1-7,9H,8H2,(H2,16,18,19,20). The Morgan fingerprint density at radius 1 is 1.14 bits per heavy atom. The zero-order chi connectivity index (χ0) is 14.5. The number of benzene rings is 1. The predicted molar refractivity (Wildman–Crippen MR) is 80.6 cm³/mol. The number of rotatable bonds is 5. The molecule has 0 saturated carbocycles. The average molecular weight is 302 g/mol. The molecule has 21 heavy (non-hydrogen) atoms. The summed E-state index contributed by atoms with van der Waals surface area (Å²) in [5.74, 6) is 1.78. The number of anilines is 3. The van der Waals surface area contributed by atoms with Crippen molar-refractivity contribution in [3.8, 4) is 0 Å². The van der Waals surface area contributed by atoms with Crippen LogP contribution in [0.15, 0.2) is 53.3 Å². The number of aromatic nitrogens is 3. The third kappa shape index (κ3) is 3.49. The van der Waals surface area contributed by atoms with Crippen LogP contribution < -0.4 is 10.6 Å². The Morgan fingerprint density at radius 3 is 2.86 bits per heavy atom. The Bertz CT molecular complexity index is 717. The molecule has 6 nitrogen and oxygen atoms in total. The lowest BCUT2D eigenvalue weighted by molar-refractivity contribution is 0.517. The maximum Gasteiger partial charge on any atom is 0.249 e. The van der Waals surface area contributed by atoms with E-state index in [9.17, 15) is 0 Å². The van der Waals surface area contributed by atoms with Crippen LogP contribution in [0.25, 0.3) is 0 Å². The maximum atomic E-state index is 6.08. The topological polar surface area (TPSA) is 75.9 Å². The van der Waals surface area contributed by atoms with Gasteiger partial charge >= 0.3 is 0 Å². The third-order valence-corrected chi connectivity index (χ3v) is 3.03. The minimum absolute atomic E-state index is 0.368. The van der Waals surface area contributed by atoms with E-state index in [2.05, 4.69) is 25.8 Å². The molecule has 2 heterocycles. The van der Waals surface area contributed by atoms with E-state index in [1.165, 1.54) is 0 Å². The van der Waals surface area contributed by atoms with E-state index in [-0.39, 0.29) is 0 Å². The second kappa shape index (κ2) is 6.23. The molecule has 0 radical (unpaired) electrons. The molecular formula is C14H12ClN5O. The summed E-state index contributed by atoms with van der Waals surface area (Å²) in [6.45, 7) is 0.525. The molecule has 0 amide bonds. The number of hydrogen-bond donors (Lipinski definition) is 2. The molecule has 2 N–H and O–H groups in total. The largest absolute Gasteiger partial charge is 0.467 e. The molecule has 0 atom stereocenters. The summed E-state index contributed by atoms with van der Waals surface area (Å²) >= 11 is 6.08. The van der Waals surface area contributed by atoms with Crippen molar-refractivity contribution >= 4 is 29.1 Å². The van der Waals surface area contributed by atoms with Gasteiger partial charge in [-0.1, -0.05) is 23.7 Å². The Balaban J connectivity index is 1.70. The van der Waals surface area contributed by atoms with Crippen LogP contribution in [-0.4, -0.2) is 15.2 Å². The van der Waals surface area contributed by atoms with Gasteiger partial charge in [0.2, 0.25) is 5.95 Å². The van der Waals surface area contributed by atoms with Crippen LogP contribution in [0.5, 0.6) is 0 Å². The fourth-order valence-corrected chi connectivity index (χ4v) is 1.90. The van der Waals surface area contributed by atoms with E-state index in [1.807, 2.05) is 30.3 Å². The lowest BCUT2D eigenvalue weighted by Crippen LogP contribution is -2.05. The van der Waals surface area contributed by atoms with Crippen molar-refractivity contribution in [2.45, 2.75) is 6.54 Å². The van der Waals surface area contributed by atoms with Crippen molar-refractivity contribution in [2.24, 2.45) is 0 Å². The smallest absolute Gasteiger partial charge is 0.249 e. The first-order chi connectivity index (χ1) is 10.3. The number of hydrogen-bond acceptors (Lipinski definition) is 6. The summed E-state index contributed by atoms with van der Waals surface area (Å²) < 4.78 is 5.24. The molecule has 7 heteroatoms. The second-order valence-electron chi connectivity index (χ2n) is 4.20. The number of halogens is 1. The first-order valence-corrected chi connectivity index (χ1v) is 6.66. The van der Waals surface area contributed by atoms with Gasteiger partial charge in [0.25, 0.3) is 0 Å². The summed E-state index contributed by atoms with van der Waals surface area (Å²) in [6, 6.07) is 11.1. The van der Waals surface area contributed by atoms with Crippen molar-refractivity contribution in [2.75, 3.05) is 10.6 Å². The summed E-state index contributed by atoms with van der Waals surface area (Å²) in [6.07, 6.45) is 3.17. The van der Waals surface area contributed by atoms with Crippen LogP contribution in [0.2, 0.25) is 5.02 Å². The van der Waals surface area contributed by atoms with Crippen molar-refractivity contribution in [1.82, 2.24) is 15.2 Å². The van der Waals surface area contributed by atoms with Crippen LogP contribution in [0, 0.1) is 0 Å². The first-order valence-electron chi connectivity index (χ1n) is 6.29. The number of furan rings is 1. The van der Waals surface area contributed by atoms with Crippen LogP contribution in [0.3, 0.4) is 0 Å². The first kappa shape index (κ1) is 13.4. The zero-order valence-electron chi connectivity index (χ0n) is 11.0. The lowest BCUT2D eigenvalue weighted by Gasteiger charge is -2.07. The van der Waals surface area contributed by atoms with Gasteiger partial charge in [-0.3, -0.25) is 0 Å². The van der Waals surface area contributed by atoms with Gasteiger partial charge in [0.15, 0.2) is 5.82 Å². The summed E-state index contributed by atoms with van der Waals surface area (Å²) in [5, 5.41) is 14.6. The van der Waals surface area contributed by atoms with Gasteiger partial charge in [-0.25, -0.2) is 0 Å². The predicted octanol–water partition coefficient (Wildman–Crippen LogP) is 3.47. The molecule has 0 aliphatic heterocycles. The van der Waals surface area contributed by atoms with Crippen molar-refractivity contribution in [1.29, 1.82) is 0 Å². The van der Waals surface area contributed by atoms with Gasteiger partial charge in [0.05, 0.1) is 29.7 Å². The Labute approximate surface area is 126 Å². The maximum absolute atomic E-state index is 6.08. The Morgan fingerprint density at radius 2 is 2.05 bits per heavy atom. The molecule has 0 unspecified atom stereocenters. The fraction of sp³-hybridized carbons (Fsp3) is 0.0714. The number of nitrogens with zero attached hydrogens (tertiary/aromatic N) is 3. The van der Waals surface area contributed by atoms with Gasteiger partial charge < -0.3 is 15.1 Å².